The molecule has 0 radical (unpaired) electrons. The minimum Gasteiger partial charge on any atom is -0.496 e. The van der Waals surface area contributed by atoms with Crippen LogP contribution in [-0.2, 0) is 6.54 Å². The molecule has 1 N–H and O–H groups in total. The molecule has 2 aromatic rings. The Hall–Kier alpha value is -1.54. The van der Waals surface area contributed by atoms with Crippen LogP contribution in [0.4, 0.5) is 0 Å². The highest BCUT2D eigenvalue weighted by Crippen LogP contribution is 2.27. The topological polar surface area (TPSA) is 21.3 Å². The molecule has 2 aromatic carbocycles. The van der Waals surface area contributed by atoms with Crippen LogP contribution in [0.2, 0.25) is 0 Å². The van der Waals surface area contributed by atoms with Gasteiger partial charge in [-0.25, -0.2) is 0 Å². The quantitative estimate of drug-likeness (QED) is 0.696. The summed E-state index contributed by atoms with van der Waals surface area (Å²) >= 11 is 0. The zero-order valence-electron chi connectivity index (χ0n) is 13.5. The molecule has 2 nitrogen and oxygen atoms in total. The van der Waals surface area contributed by atoms with Gasteiger partial charge in [-0.3, -0.25) is 0 Å². The van der Waals surface area contributed by atoms with Crippen molar-refractivity contribution in [2.24, 2.45) is 0 Å². The molecule has 0 fully saturated rings. The van der Waals surface area contributed by atoms with Crippen LogP contribution < -0.4 is 10.1 Å². The minimum atomic E-state index is 0.542. The number of rotatable bonds is 8. The van der Waals surface area contributed by atoms with Crippen LogP contribution in [-0.4, -0.2) is 13.2 Å². The van der Waals surface area contributed by atoms with E-state index in [1.54, 1.807) is 7.11 Å². The Morgan fingerprint density at radius 2 is 1.90 bits per heavy atom. The van der Waals surface area contributed by atoms with E-state index in [-0.39, 0.29) is 0 Å². The molecule has 0 saturated heterocycles. The summed E-state index contributed by atoms with van der Waals surface area (Å²) in [6.07, 6.45) is 5.14. The molecule has 0 aliphatic carbocycles. The lowest BCUT2D eigenvalue weighted by Crippen LogP contribution is -2.25. The molecule has 0 aliphatic rings. The predicted octanol–water partition coefficient (Wildman–Crippen LogP) is 4.91. The van der Waals surface area contributed by atoms with Crippen molar-refractivity contribution >= 4 is 10.8 Å². The first-order valence-electron chi connectivity index (χ1n) is 8.04. The molecule has 2 rings (SSSR count). The van der Waals surface area contributed by atoms with Gasteiger partial charge < -0.3 is 10.1 Å². The van der Waals surface area contributed by atoms with E-state index < -0.39 is 0 Å². The molecule has 0 aromatic heterocycles. The van der Waals surface area contributed by atoms with Gasteiger partial charge in [-0.05, 0) is 30.2 Å². The molecule has 0 aliphatic heterocycles. The Morgan fingerprint density at radius 1 is 1.10 bits per heavy atom. The summed E-state index contributed by atoms with van der Waals surface area (Å²) in [7, 11) is 1.75. The highest BCUT2D eigenvalue weighted by Gasteiger charge is 2.09. The normalized spacial score (nSPS) is 12.5. The zero-order chi connectivity index (χ0) is 15.1. The van der Waals surface area contributed by atoms with Gasteiger partial charge in [-0.15, -0.1) is 0 Å². The van der Waals surface area contributed by atoms with Gasteiger partial charge in [0.1, 0.15) is 5.75 Å². The maximum Gasteiger partial charge on any atom is 0.123 e. The number of hydrogen-bond acceptors (Lipinski definition) is 2. The van der Waals surface area contributed by atoms with Gasteiger partial charge in [0.25, 0.3) is 0 Å². The lowest BCUT2D eigenvalue weighted by molar-refractivity contribution is 0.405. The van der Waals surface area contributed by atoms with Crippen LogP contribution in [0.1, 0.15) is 45.1 Å². The molecular weight excluding hydrogens is 258 g/mol. The molecule has 1 unspecified atom stereocenters. The third-order valence-electron chi connectivity index (χ3n) is 4.09. The summed E-state index contributed by atoms with van der Waals surface area (Å²) in [5.74, 6) is 0.974. The molecular formula is C19H27NO. The Kier molecular flexibility index (Phi) is 6.06. The van der Waals surface area contributed by atoms with Gasteiger partial charge in [0, 0.05) is 18.2 Å². The molecule has 2 heteroatoms. The van der Waals surface area contributed by atoms with Crippen LogP contribution in [0.15, 0.2) is 36.4 Å². The molecule has 0 saturated carbocycles. The highest BCUT2D eigenvalue weighted by atomic mass is 16.5. The number of unbranched alkanes of at least 4 members (excludes halogenated alkanes) is 2. The van der Waals surface area contributed by atoms with Gasteiger partial charge in [0.15, 0.2) is 0 Å². The third-order valence-corrected chi connectivity index (χ3v) is 4.09. The minimum absolute atomic E-state index is 0.542. The van der Waals surface area contributed by atoms with E-state index in [0.29, 0.717) is 6.04 Å². The molecule has 0 bridgehead atoms. The first-order valence-corrected chi connectivity index (χ1v) is 8.04. The molecule has 21 heavy (non-hydrogen) atoms. The number of methoxy groups -OCH3 is 1. The van der Waals surface area contributed by atoms with Crippen molar-refractivity contribution in [3.05, 3.63) is 42.0 Å². The Morgan fingerprint density at radius 3 is 2.67 bits per heavy atom. The van der Waals surface area contributed by atoms with Gasteiger partial charge in [0.2, 0.25) is 0 Å². The van der Waals surface area contributed by atoms with E-state index in [1.807, 2.05) is 0 Å². The maximum absolute atomic E-state index is 5.54. The van der Waals surface area contributed by atoms with Crippen molar-refractivity contribution in [3.8, 4) is 5.75 Å². The first-order chi connectivity index (χ1) is 10.3. The zero-order valence-corrected chi connectivity index (χ0v) is 13.5. The first kappa shape index (κ1) is 15.8. The Bertz CT molecular complexity index is 564. The lowest BCUT2D eigenvalue weighted by atomic mass is 10.0. The number of benzene rings is 2. The van der Waals surface area contributed by atoms with Crippen molar-refractivity contribution in [1.82, 2.24) is 5.32 Å². The summed E-state index contributed by atoms with van der Waals surface area (Å²) in [6, 6.07) is 13.2. The van der Waals surface area contributed by atoms with E-state index in [0.717, 1.165) is 12.3 Å². The molecule has 0 spiro atoms. The monoisotopic (exact) mass is 285 g/mol. The van der Waals surface area contributed by atoms with Gasteiger partial charge in [0.05, 0.1) is 7.11 Å². The SMILES string of the molecule is CCCCCC(C)NCc1c(OC)ccc2ccccc12. The Balaban J connectivity index is 2.09. The maximum atomic E-state index is 5.54. The molecule has 0 heterocycles. The predicted molar refractivity (Wildman–Crippen MR) is 90.9 cm³/mol. The lowest BCUT2D eigenvalue weighted by Gasteiger charge is -2.17. The van der Waals surface area contributed by atoms with Crippen molar-refractivity contribution in [2.45, 2.75) is 52.1 Å². The largest absolute Gasteiger partial charge is 0.496 e. The average Bonchev–Trinajstić information content (AvgIpc) is 2.52. The van der Waals surface area contributed by atoms with Crippen LogP contribution in [0.25, 0.3) is 10.8 Å². The summed E-state index contributed by atoms with van der Waals surface area (Å²) in [5.41, 5.74) is 1.26. The number of fused-ring (bicyclic) bond motifs is 1. The second-order valence-corrected chi connectivity index (χ2v) is 5.75. The van der Waals surface area contributed by atoms with E-state index in [4.69, 9.17) is 4.74 Å². The smallest absolute Gasteiger partial charge is 0.123 e. The van der Waals surface area contributed by atoms with Gasteiger partial charge >= 0.3 is 0 Å². The van der Waals surface area contributed by atoms with Gasteiger partial charge in [-0.2, -0.15) is 0 Å². The highest BCUT2D eigenvalue weighted by molar-refractivity contribution is 5.87. The fourth-order valence-electron chi connectivity index (χ4n) is 2.77. The number of hydrogen-bond donors (Lipinski definition) is 1. The van der Waals surface area contributed by atoms with Crippen molar-refractivity contribution in [2.75, 3.05) is 7.11 Å². The Labute approximate surface area is 128 Å². The second kappa shape index (κ2) is 8.04. The summed E-state index contributed by atoms with van der Waals surface area (Å²) < 4.78 is 5.54. The number of nitrogens with one attached hydrogen (secondary N) is 1. The van der Waals surface area contributed by atoms with Crippen LogP contribution in [0.5, 0.6) is 5.75 Å². The summed E-state index contributed by atoms with van der Waals surface area (Å²) in [5, 5.41) is 6.20. The van der Waals surface area contributed by atoms with E-state index >= 15 is 0 Å². The third kappa shape index (κ3) is 4.21. The summed E-state index contributed by atoms with van der Waals surface area (Å²) in [4.78, 5) is 0. The van der Waals surface area contributed by atoms with Crippen molar-refractivity contribution in [3.63, 3.8) is 0 Å². The van der Waals surface area contributed by atoms with Crippen molar-refractivity contribution < 1.29 is 4.74 Å². The fourth-order valence-corrected chi connectivity index (χ4v) is 2.77. The van der Waals surface area contributed by atoms with Crippen LogP contribution >= 0.6 is 0 Å². The van der Waals surface area contributed by atoms with Crippen LogP contribution in [0.3, 0.4) is 0 Å². The number of ether oxygens (including phenoxy) is 1. The molecule has 114 valence electrons. The summed E-state index contributed by atoms with van der Waals surface area (Å²) in [6.45, 7) is 5.38. The van der Waals surface area contributed by atoms with E-state index in [1.165, 1.54) is 42.0 Å². The van der Waals surface area contributed by atoms with Crippen LogP contribution in [0, 0.1) is 0 Å². The van der Waals surface area contributed by atoms with Gasteiger partial charge in [-0.1, -0.05) is 56.5 Å². The van der Waals surface area contributed by atoms with Crippen molar-refractivity contribution in [1.29, 1.82) is 0 Å². The standard InChI is InChI=1S/C19H27NO/c1-4-5-6-9-15(2)20-14-18-17-11-8-7-10-16(17)12-13-19(18)21-3/h7-8,10-13,15,20H,4-6,9,14H2,1-3H3. The molecule has 1 atom stereocenters. The fraction of sp³-hybridized carbons (Fsp3) is 0.474. The second-order valence-electron chi connectivity index (χ2n) is 5.75. The molecule has 0 amide bonds. The van der Waals surface area contributed by atoms with E-state index in [9.17, 15) is 0 Å². The average molecular weight is 285 g/mol. The van der Waals surface area contributed by atoms with E-state index in [2.05, 4.69) is 55.6 Å².